The fourth-order valence-corrected chi connectivity index (χ4v) is 2.58. The zero-order chi connectivity index (χ0) is 16.0. The Hall–Kier alpha value is -1.62. The second kappa shape index (κ2) is 7.58. The normalized spacial score (nSPS) is 12.0. The summed E-state index contributed by atoms with van der Waals surface area (Å²) < 4.78 is 1.04. The Morgan fingerprint density at radius 1 is 1.09 bits per heavy atom. The van der Waals surface area contributed by atoms with Crippen LogP contribution in [0.15, 0.2) is 51.1 Å². The number of azo groups is 1. The number of rotatable bonds is 6. The van der Waals surface area contributed by atoms with Crippen molar-refractivity contribution in [3.63, 3.8) is 0 Å². The van der Waals surface area contributed by atoms with Crippen molar-refractivity contribution in [3.8, 4) is 0 Å². The number of hydrogen-bond acceptors (Lipinski definition) is 4. The summed E-state index contributed by atoms with van der Waals surface area (Å²) in [7, 11) is 0. The van der Waals surface area contributed by atoms with Crippen LogP contribution in [0.1, 0.15) is 44.9 Å². The molecule has 0 unspecified atom stereocenters. The topological polar surface area (TPSA) is 50.5 Å². The van der Waals surface area contributed by atoms with E-state index >= 15 is 0 Å². The molecule has 2 rings (SSSR count). The number of nitrogens with zero attached hydrogens (tertiary/aromatic N) is 4. The standard InChI is InChI=1S/C17H21BrN4/c1-4-17(3,5-2)15-9-10-16(22-20-15)21-19-12-13-7-6-8-14(18)11-13/h6-11H,4-5,12H2,1-3H3. The van der Waals surface area contributed by atoms with Gasteiger partial charge in [0.2, 0.25) is 0 Å². The highest BCUT2D eigenvalue weighted by atomic mass is 79.9. The van der Waals surface area contributed by atoms with Crippen LogP contribution in [0, 0.1) is 0 Å². The zero-order valence-electron chi connectivity index (χ0n) is 13.3. The van der Waals surface area contributed by atoms with E-state index in [1.165, 1.54) is 0 Å². The van der Waals surface area contributed by atoms with E-state index in [0.29, 0.717) is 12.4 Å². The lowest BCUT2D eigenvalue weighted by Crippen LogP contribution is -2.21. The van der Waals surface area contributed by atoms with E-state index in [9.17, 15) is 0 Å². The highest BCUT2D eigenvalue weighted by Crippen LogP contribution is 2.29. The molecule has 0 amide bonds. The molecule has 0 aliphatic heterocycles. The third kappa shape index (κ3) is 4.19. The first-order chi connectivity index (χ1) is 10.6. The Morgan fingerprint density at radius 2 is 1.86 bits per heavy atom. The first-order valence-electron chi connectivity index (χ1n) is 7.53. The molecule has 0 bridgehead atoms. The molecule has 22 heavy (non-hydrogen) atoms. The molecule has 0 aliphatic rings. The lowest BCUT2D eigenvalue weighted by molar-refractivity contribution is 0.421. The predicted octanol–water partition coefficient (Wildman–Crippen LogP) is 5.60. The molecule has 0 radical (unpaired) electrons. The quantitative estimate of drug-likeness (QED) is 0.629. The van der Waals surface area contributed by atoms with Gasteiger partial charge in [-0.3, -0.25) is 0 Å². The molecule has 0 spiro atoms. The van der Waals surface area contributed by atoms with Crippen LogP contribution in [0.3, 0.4) is 0 Å². The maximum absolute atomic E-state index is 4.32. The lowest BCUT2D eigenvalue weighted by Gasteiger charge is -2.25. The first kappa shape index (κ1) is 16.7. The first-order valence-corrected chi connectivity index (χ1v) is 8.33. The zero-order valence-corrected chi connectivity index (χ0v) is 14.8. The maximum Gasteiger partial charge on any atom is 0.195 e. The predicted molar refractivity (Wildman–Crippen MR) is 92.3 cm³/mol. The van der Waals surface area contributed by atoms with Gasteiger partial charge in [0.05, 0.1) is 12.2 Å². The third-order valence-corrected chi connectivity index (χ3v) is 4.64. The van der Waals surface area contributed by atoms with Gasteiger partial charge in [0, 0.05) is 9.89 Å². The molecule has 1 aromatic heterocycles. The van der Waals surface area contributed by atoms with Gasteiger partial charge >= 0.3 is 0 Å². The van der Waals surface area contributed by atoms with Gasteiger partial charge < -0.3 is 0 Å². The van der Waals surface area contributed by atoms with Gasteiger partial charge in [0.15, 0.2) is 5.82 Å². The minimum atomic E-state index is 0.0823. The Balaban J connectivity index is 2.03. The van der Waals surface area contributed by atoms with E-state index in [2.05, 4.69) is 57.1 Å². The molecule has 116 valence electrons. The molecule has 0 aliphatic carbocycles. The fraction of sp³-hybridized carbons (Fsp3) is 0.412. The number of benzene rings is 1. The summed E-state index contributed by atoms with van der Waals surface area (Å²) >= 11 is 3.44. The molecule has 2 aromatic rings. The van der Waals surface area contributed by atoms with Crippen molar-refractivity contribution in [1.82, 2.24) is 10.2 Å². The summed E-state index contributed by atoms with van der Waals surface area (Å²) in [6.07, 6.45) is 2.09. The van der Waals surface area contributed by atoms with Gasteiger partial charge in [-0.2, -0.15) is 10.2 Å². The van der Waals surface area contributed by atoms with Crippen molar-refractivity contribution in [2.45, 2.75) is 45.6 Å². The third-order valence-electron chi connectivity index (χ3n) is 4.14. The second-order valence-corrected chi connectivity index (χ2v) is 6.49. The number of hydrogen-bond donors (Lipinski definition) is 0. The average Bonchev–Trinajstić information content (AvgIpc) is 2.55. The van der Waals surface area contributed by atoms with E-state index in [-0.39, 0.29) is 5.41 Å². The summed E-state index contributed by atoms with van der Waals surface area (Å²) in [5.74, 6) is 0.549. The minimum absolute atomic E-state index is 0.0823. The van der Waals surface area contributed by atoms with E-state index in [1.807, 2.05) is 36.4 Å². The summed E-state index contributed by atoms with van der Waals surface area (Å²) in [5, 5.41) is 16.8. The highest BCUT2D eigenvalue weighted by molar-refractivity contribution is 9.10. The van der Waals surface area contributed by atoms with Crippen LogP contribution in [-0.4, -0.2) is 10.2 Å². The maximum atomic E-state index is 4.32. The van der Waals surface area contributed by atoms with E-state index < -0.39 is 0 Å². The van der Waals surface area contributed by atoms with Crippen molar-refractivity contribution < 1.29 is 0 Å². The van der Waals surface area contributed by atoms with Crippen molar-refractivity contribution in [2.24, 2.45) is 10.2 Å². The molecule has 1 heterocycles. The summed E-state index contributed by atoms with van der Waals surface area (Å²) in [6.45, 7) is 7.10. The fourth-order valence-electron chi connectivity index (χ4n) is 2.14. The summed E-state index contributed by atoms with van der Waals surface area (Å²) in [6, 6.07) is 11.9. The van der Waals surface area contributed by atoms with Gasteiger partial charge in [0.25, 0.3) is 0 Å². The molecule has 0 saturated carbocycles. The van der Waals surface area contributed by atoms with Crippen LogP contribution in [0.4, 0.5) is 5.82 Å². The van der Waals surface area contributed by atoms with Crippen molar-refractivity contribution in [2.75, 3.05) is 0 Å². The van der Waals surface area contributed by atoms with Crippen LogP contribution in [0.5, 0.6) is 0 Å². The SMILES string of the molecule is CCC(C)(CC)c1ccc(N=NCc2cccc(Br)c2)nn1. The molecule has 0 saturated heterocycles. The molecule has 0 N–H and O–H groups in total. The lowest BCUT2D eigenvalue weighted by atomic mass is 9.81. The molecular formula is C17H21BrN4. The van der Waals surface area contributed by atoms with Gasteiger partial charge in [-0.25, -0.2) is 0 Å². The smallest absolute Gasteiger partial charge is 0.182 e. The van der Waals surface area contributed by atoms with Crippen LogP contribution < -0.4 is 0 Å². The monoisotopic (exact) mass is 360 g/mol. The minimum Gasteiger partial charge on any atom is -0.182 e. The van der Waals surface area contributed by atoms with E-state index in [4.69, 9.17) is 0 Å². The highest BCUT2D eigenvalue weighted by Gasteiger charge is 2.24. The van der Waals surface area contributed by atoms with Crippen LogP contribution in [0.25, 0.3) is 0 Å². The van der Waals surface area contributed by atoms with Crippen molar-refractivity contribution >= 4 is 21.7 Å². The Bertz CT molecular complexity index is 633. The summed E-state index contributed by atoms with van der Waals surface area (Å²) in [5.41, 5.74) is 2.20. The van der Waals surface area contributed by atoms with Crippen LogP contribution in [0.2, 0.25) is 0 Å². The van der Waals surface area contributed by atoms with Gasteiger partial charge in [-0.15, -0.1) is 10.2 Å². The molecular weight excluding hydrogens is 340 g/mol. The second-order valence-electron chi connectivity index (χ2n) is 5.57. The number of aromatic nitrogens is 2. The van der Waals surface area contributed by atoms with Gasteiger partial charge in [0.1, 0.15) is 0 Å². The van der Waals surface area contributed by atoms with E-state index in [0.717, 1.165) is 28.6 Å². The molecule has 4 nitrogen and oxygen atoms in total. The molecule has 0 atom stereocenters. The molecule has 0 fully saturated rings. The van der Waals surface area contributed by atoms with Crippen molar-refractivity contribution in [1.29, 1.82) is 0 Å². The van der Waals surface area contributed by atoms with Crippen LogP contribution >= 0.6 is 15.9 Å². The average molecular weight is 361 g/mol. The Kier molecular flexibility index (Phi) is 5.77. The van der Waals surface area contributed by atoms with Gasteiger partial charge in [-0.05, 0) is 42.7 Å². The largest absolute Gasteiger partial charge is 0.195 e. The molecule has 1 aromatic carbocycles. The van der Waals surface area contributed by atoms with E-state index in [1.54, 1.807) is 0 Å². The Morgan fingerprint density at radius 3 is 2.45 bits per heavy atom. The van der Waals surface area contributed by atoms with Gasteiger partial charge in [-0.1, -0.05) is 48.8 Å². The molecule has 5 heteroatoms. The van der Waals surface area contributed by atoms with Crippen molar-refractivity contribution in [3.05, 3.63) is 52.1 Å². The van der Waals surface area contributed by atoms with Crippen LogP contribution in [-0.2, 0) is 12.0 Å². The Labute approximate surface area is 140 Å². The summed E-state index contributed by atoms with van der Waals surface area (Å²) in [4.78, 5) is 0. The number of halogens is 1.